The summed E-state index contributed by atoms with van der Waals surface area (Å²) in [7, 11) is 2.89. The van der Waals surface area contributed by atoms with Crippen molar-refractivity contribution >= 4 is 11.8 Å². The van der Waals surface area contributed by atoms with Gasteiger partial charge in [0.25, 0.3) is 0 Å². The van der Waals surface area contributed by atoms with Gasteiger partial charge in [0.2, 0.25) is 11.8 Å². The van der Waals surface area contributed by atoms with Crippen LogP contribution >= 0.6 is 0 Å². The average Bonchev–Trinajstić information content (AvgIpc) is 2.36. The Bertz CT molecular complexity index is 352. The number of nitrogens with one attached hydrogen (secondary N) is 1. The smallest absolute Gasteiger partial charge is 0.347 e. The molecule has 0 radical (unpaired) electrons. The van der Waals surface area contributed by atoms with Gasteiger partial charge < -0.3 is 15.1 Å². The van der Waals surface area contributed by atoms with Gasteiger partial charge in [-0.1, -0.05) is 0 Å². The lowest BCUT2D eigenvalue weighted by Crippen LogP contribution is -2.49. The Labute approximate surface area is 116 Å². The predicted octanol–water partition coefficient (Wildman–Crippen LogP) is 0.465. The molecule has 8 heteroatoms. The first kappa shape index (κ1) is 16.7. The van der Waals surface area contributed by atoms with Gasteiger partial charge in [-0.15, -0.1) is 0 Å². The SMILES string of the molecule is CN(C)C(=O)CN(CC(F)(F)F)C(=O)[C@@H]1CCCNC1. The largest absolute Gasteiger partial charge is 0.406 e. The topological polar surface area (TPSA) is 52.7 Å². The Hall–Kier alpha value is -1.31. The van der Waals surface area contributed by atoms with Crippen molar-refractivity contribution in [3.63, 3.8) is 0 Å². The number of halogens is 3. The maximum Gasteiger partial charge on any atom is 0.406 e. The lowest BCUT2D eigenvalue weighted by Gasteiger charge is -2.30. The standard InChI is InChI=1S/C12H20F3N3O2/c1-17(2)10(19)7-18(8-12(13,14)15)11(20)9-4-3-5-16-6-9/h9,16H,3-8H2,1-2H3/t9-/m1/s1. The van der Waals surface area contributed by atoms with Gasteiger partial charge in [-0.3, -0.25) is 9.59 Å². The molecular weight excluding hydrogens is 275 g/mol. The van der Waals surface area contributed by atoms with Crippen LogP contribution < -0.4 is 5.32 Å². The number of nitrogens with zero attached hydrogens (tertiary/aromatic N) is 2. The maximum absolute atomic E-state index is 12.6. The van der Waals surface area contributed by atoms with Gasteiger partial charge in [0.1, 0.15) is 13.1 Å². The molecule has 1 rings (SSSR count). The van der Waals surface area contributed by atoms with Crippen LogP contribution in [0.5, 0.6) is 0 Å². The zero-order valence-corrected chi connectivity index (χ0v) is 11.7. The molecular formula is C12H20F3N3O2. The first-order chi connectivity index (χ1) is 9.20. The Kier molecular flexibility index (Phi) is 5.79. The van der Waals surface area contributed by atoms with Crippen LogP contribution in [0.3, 0.4) is 0 Å². The number of carbonyl (C=O) groups excluding carboxylic acids is 2. The first-order valence-corrected chi connectivity index (χ1v) is 6.47. The van der Waals surface area contributed by atoms with Crippen LogP contribution in [0, 0.1) is 5.92 Å². The van der Waals surface area contributed by atoms with Gasteiger partial charge >= 0.3 is 6.18 Å². The lowest BCUT2D eigenvalue weighted by molar-refractivity contribution is -0.166. The summed E-state index contributed by atoms with van der Waals surface area (Å²) in [5.41, 5.74) is 0. The molecule has 5 nitrogen and oxygen atoms in total. The van der Waals surface area contributed by atoms with Crippen LogP contribution in [0.2, 0.25) is 0 Å². The zero-order chi connectivity index (χ0) is 15.3. The van der Waals surface area contributed by atoms with Gasteiger partial charge in [-0.2, -0.15) is 13.2 Å². The number of alkyl halides is 3. The van der Waals surface area contributed by atoms with Crippen LogP contribution in [0.25, 0.3) is 0 Å². The molecule has 0 aliphatic carbocycles. The van der Waals surface area contributed by atoms with Crippen LogP contribution in [-0.2, 0) is 9.59 Å². The fraction of sp³-hybridized carbons (Fsp3) is 0.833. The van der Waals surface area contributed by atoms with Crippen LogP contribution in [0.1, 0.15) is 12.8 Å². The van der Waals surface area contributed by atoms with E-state index >= 15 is 0 Å². The third-order valence-corrected chi connectivity index (χ3v) is 3.15. The number of hydrogen-bond acceptors (Lipinski definition) is 3. The molecule has 0 aromatic carbocycles. The van der Waals surface area contributed by atoms with Crippen molar-refractivity contribution in [3.8, 4) is 0 Å². The molecule has 0 unspecified atom stereocenters. The number of likely N-dealkylation sites (N-methyl/N-ethyl adjacent to an activating group) is 1. The second-order valence-corrected chi connectivity index (χ2v) is 5.14. The monoisotopic (exact) mass is 295 g/mol. The van der Waals surface area contributed by atoms with Gasteiger partial charge in [0.15, 0.2) is 0 Å². The average molecular weight is 295 g/mol. The van der Waals surface area contributed by atoms with Crippen LogP contribution in [-0.4, -0.2) is 68.1 Å². The highest BCUT2D eigenvalue weighted by Crippen LogP contribution is 2.20. The third-order valence-electron chi connectivity index (χ3n) is 3.15. The molecule has 0 spiro atoms. The third kappa shape index (κ3) is 5.36. The highest BCUT2D eigenvalue weighted by atomic mass is 19.4. The van der Waals surface area contributed by atoms with Gasteiger partial charge in [-0.05, 0) is 19.4 Å². The Morgan fingerprint density at radius 1 is 1.30 bits per heavy atom. The Morgan fingerprint density at radius 3 is 2.40 bits per heavy atom. The van der Waals surface area contributed by atoms with Gasteiger partial charge in [0, 0.05) is 20.6 Å². The van der Waals surface area contributed by atoms with Crippen LogP contribution in [0.4, 0.5) is 13.2 Å². The molecule has 2 amide bonds. The van der Waals surface area contributed by atoms with Gasteiger partial charge in [0.05, 0.1) is 5.92 Å². The van der Waals surface area contributed by atoms with Crippen molar-refractivity contribution in [1.29, 1.82) is 0 Å². The van der Waals surface area contributed by atoms with E-state index in [9.17, 15) is 22.8 Å². The second kappa shape index (κ2) is 6.92. The summed E-state index contributed by atoms with van der Waals surface area (Å²) in [4.78, 5) is 25.5. The molecule has 1 fully saturated rings. The predicted molar refractivity (Wildman–Crippen MR) is 66.9 cm³/mol. The molecule has 1 heterocycles. The summed E-state index contributed by atoms with van der Waals surface area (Å²) in [5.74, 6) is -1.61. The van der Waals surface area contributed by atoms with E-state index in [1.807, 2.05) is 0 Å². The van der Waals surface area contributed by atoms with E-state index in [4.69, 9.17) is 0 Å². The van der Waals surface area contributed by atoms with Crippen molar-refractivity contribution in [2.45, 2.75) is 19.0 Å². The highest BCUT2D eigenvalue weighted by molar-refractivity contribution is 5.86. The van der Waals surface area contributed by atoms with E-state index in [-0.39, 0.29) is 0 Å². The molecule has 1 aliphatic heterocycles. The van der Waals surface area contributed by atoms with E-state index in [1.165, 1.54) is 19.0 Å². The first-order valence-electron chi connectivity index (χ1n) is 6.47. The zero-order valence-electron chi connectivity index (χ0n) is 11.7. The van der Waals surface area contributed by atoms with E-state index in [2.05, 4.69) is 5.32 Å². The normalized spacial score (nSPS) is 19.6. The summed E-state index contributed by atoms with van der Waals surface area (Å²) in [6, 6.07) is 0. The molecule has 0 aromatic rings. The van der Waals surface area contributed by atoms with E-state index in [1.54, 1.807) is 0 Å². The Balaban J connectivity index is 2.74. The fourth-order valence-electron chi connectivity index (χ4n) is 2.05. The van der Waals surface area contributed by atoms with E-state index in [0.717, 1.165) is 13.0 Å². The molecule has 1 saturated heterocycles. The fourth-order valence-corrected chi connectivity index (χ4v) is 2.05. The number of carbonyl (C=O) groups is 2. The minimum absolute atomic E-state index is 0.364. The summed E-state index contributed by atoms with van der Waals surface area (Å²) in [5, 5.41) is 2.99. The van der Waals surface area contributed by atoms with E-state index in [0.29, 0.717) is 17.9 Å². The summed E-state index contributed by atoms with van der Waals surface area (Å²) in [6.45, 7) is -0.799. The lowest BCUT2D eigenvalue weighted by atomic mass is 9.98. The van der Waals surface area contributed by atoms with Crippen molar-refractivity contribution in [3.05, 3.63) is 0 Å². The number of rotatable bonds is 4. The molecule has 20 heavy (non-hydrogen) atoms. The molecule has 0 aromatic heterocycles. The Morgan fingerprint density at radius 2 is 1.95 bits per heavy atom. The highest BCUT2D eigenvalue weighted by Gasteiger charge is 2.36. The minimum Gasteiger partial charge on any atom is -0.347 e. The summed E-state index contributed by atoms with van der Waals surface area (Å²) in [6.07, 6.45) is -3.21. The quantitative estimate of drug-likeness (QED) is 0.820. The molecule has 1 N–H and O–H groups in total. The van der Waals surface area contributed by atoms with Gasteiger partial charge in [-0.25, -0.2) is 0 Å². The molecule has 116 valence electrons. The number of piperidine rings is 1. The molecule has 1 atom stereocenters. The van der Waals surface area contributed by atoms with Crippen molar-refractivity contribution in [2.24, 2.45) is 5.92 Å². The van der Waals surface area contributed by atoms with E-state index < -0.39 is 37.0 Å². The second-order valence-electron chi connectivity index (χ2n) is 5.14. The summed E-state index contributed by atoms with van der Waals surface area (Å²) >= 11 is 0. The maximum atomic E-state index is 12.6. The van der Waals surface area contributed by atoms with Crippen molar-refractivity contribution in [1.82, 2.24) is 15.1 Å². The van der Waals surface area contributed by atoms with Crippen molar-refractivity contribution in [2.75, 3.05) is 40.3 Å². The summed E-state index contributed by atoms with van der Waals surface area (Å²) < 4.78 is 37.7. The molecule has 0 saturated carbocycles. The minimum atomic E-state index is -4.51. The molecule has 1 aliphatic rings. The number of amides is 2. The molecule has 0 bridgehead atoms. The van der Waals surface area contributed by atoms with Crippen LogP contribution in [0.15, 0.2) is 0 Å². The van der Waals surface area contributed by atoms with Crippen molar-refractivity contribution < 1.29 is 22.8 Å². The number of hydrogen-bond donors (Lipinski definition) is 1.